The number of carbonyl (C=O) groups excluding carboxylic acids is 1. The molecular formula is C19H19Cl2N3O3. The van der Waals surface area contributed by atoms with Gasteiger partial charge in [-0.2, -0.15) is 0 Å². The van der Waals surface area contributed by atoms with Gasteiger partial charge in [-0.15, -0.1) is 0 Å². The lowest BCUT2D eigenvalue weighted by Crippen LogP contribution is -2.37. The van der Waals surface area contributed by atoms with E-state index >= 15 is 0 Å². The summed E-state index contributed by atoms with van der Waals surface area (Å²) in [5, 5.41) is 14.9. The minimum Gasteiger partial charge on any atom is -0.350 e. The number of hydrogen-bond donors (Lipinski definition) is 1. The van der Waals surface area contributed by atoms with Crippen LogP contribution in [0.3, 0.4) is 0 Å². The largest absolute Gasteiger partial charge is 0.350 e. The Hall–Kier alpha value is -2.15. The number of nitro benzene ring substituents is 1. The third kappa shape index (κ3) is 4.77. The molecule has 1 N–H and O–H groups in total. The highest BCUT2D eigenvalue weighted by atomic mass is 35.5. The van der Waals surface area contributed by atoms with Crippen LogP contribution in [0.2, 0.25) is 10.0 Å². The van der Waals surface area contributed by atoms with Crippen LogP contribution in [-0.2, 0) is 0 Å². The predicted octanol–water partition coefficient (Wildman–Crippen LogP) is 4.47. The van der Waals surface area contributed by atoms with E-state index < -0.39 is 10.8 Å². The fourth-order valence-corrected chi connectivity index (χ4v) is 3.72. The molecule has 1 unspecified atom stereocenters. The van der Waals surface area contributed by atoms with Crippen molar-refractivity contribution in [2.75, 3.05) is 19.6 Å². The minimum atomic E-state index is -0.601. The monoisotopic (exact) mass is 407 g/mol. The first-order valence-electron chi connectivity index (χ1n) is 8.67. The van der Waals surface area contributed by atoms with Crippen molar-refractivity contribution in [3.05, 3.63) is 73.8 Å². The van der Waals surface area contributed by atoms with Crippen LogP contribution in [-0.4, -0.2) is 35.4 Å². The van der Waals surface area contributed by atoms with Gasteiger partial charge in [-0.25, -0.2) is 0 Å². The molecule has 2 aromatic rings. The highest BCUT2D eigenvalue weighted by Gasteiger charge is 2.26. The van der Waals surface area contributed by atoms with Crippen LogP contribution in [0, 0.1) is 10.1 Å². The molecule has 1 heterocycles. The van der Waals surface area contributed by atoms with Gasteiger partial charge in [0.05, 0.1) is 11.0 Å². The normalized spacial score (nSPS) is 15.5. The Bertz CT molecular complexity index is 854. The standard InChI is InChI=1S/C19H19Cl2N3O3/c20-14-5-3-4-13(10-14)18(23-8-1-2-9-23)12-22-19(25)16-7-6-15(21)11-17(16)24(26)27/h3-7,10-11,18H,1-2,8-9,12H2,(H,22,25). The molecule has 0 spiro atoms. The van der Waals surface area contributed by atoms with Crippen LogP contribution in [0.4, 0.5) is 5.69 Å². The zero-order valence-electron chi connectivity index (χ0n) is 14.5. The third-order valence-electron chi connectivity index (χ3n) is 4.67. The Morgan fingerprint density at radius 1 is 1.15 bits per heavy atom. The zero-order valence-corrected chi connectivity index (χ0v) is 16.0. The second-order valence-corrected chi connectivity index (χ2v) is 7.32. The van der Waals surface area contributed by atoms with Gasteiger partial charge in [0.25, 0.3) is 11.6 Å². The van der Waals surface area contributed by atoms with Crippen molar-refractivity contribution in [3.8, 4) is 0 Å². The van der Waals surface area contributed by atoms with Gasteiger partial charge < -0.3 is 5.32 Å². The summed E-state index contributed by atoms with van der Waals surface area (Å²) in [5.41, 5.74) is 0.700. The van der Waals surface area contributed by atoms with Gasteiger partial charge in [0.15, 0.2) is 0 Å². The van der Waals surface area contributed by atoms with Crippen molar-refractivity contribution >= 4 is 34.8 Å². The summed E-state index contributed by atoms with van der Waals surface area (Å²) in [5.74, 6) is -0.496. The summed E-state index contributed by atoms with van der Waals surface area (Å²) in [6.45, 7) is 2.21. The van der Waals surface area contributed by atoms with Gasteiger partial charge in [0, 0.05) is 22.7 Å². The van der Waals surface area contributed by atoms with Crippen LogP contribution in [0.25, 0.3) is 0 Å². The molecule has 142 valence electrons. The van der Waals surface area contributed by atoms with Crippen LogP contribution in [0.1, 0.15) is 34.8 Å². The summed E-state index contributed by atoms with van der Waals surface area (Å²) >= 11 is 12.0. The smallest absolute Gasteiger partial charge is 0.283 e. The van der Waals surface area contributed by atoms with Crippen LogP contribution in [0.15, 0.2) is 42.5 Å². The molecule has 6 nitrogen and oxygen atoms in total. The highest BCUT2D eigenvalue weighted by Crippen LogP contribution is 2.27. The molecule has 3 rings (SSSR count). The van der Waals surface area contributed by atoms with E-state index in [-0.39, 0.29) is 22.3 Å². The average Bonchev–Trinajstić information content (AvgIpc) is 3.16. The van der Waals surface area contributed by atoms with Crippen molar-refractivity contribution in [1.82, 2.24) is 10.2 Å². The van der Waals surface area contributed by atoms with Crippen molar-refractivity contribution < 1.29 is 9.72 Å². The van der Waals surface area contributed by atoms with Crippen LogP contribution < -0.4 is 5.32 Å². The molecule has 1 amide bonds. The summed E-state index contributed by atoms with van der Waals surface area (Å²) in [6.07, 6.45) is 2.21. The van der Waals surface area contributed by atoms with E-state index in [0.717, 1.165) is 31.5 Å². The quantitative estimate of drug-likeness (QED) is 0.565. The van der Waals surface area contributed by atoms with E-state index in [4.69, 9.17) is 23.2 Å². The van der Waals surface area contributed by atoms with Crippen molar-refractivity contribution in [2.45, 2.75) is 18.9 Å². The summed E-state index contributed by atoms with van der Waals surface area (Å²) in [6, 6.07) is 11.5. The lowest BCUT2D eigenvalue weighted by atomic mass is 10.0. The molecule has 2 aromatic carbocycles. The maximum Gasteiger partial charge on any atom is 0.283 e. The summed E-state index contributed by atoms with van der Waals surface area (Å²) in [7, 11) is 0. The molecule has 27 heavy (non-hydrogen) atoms. The second-order valence-electron chi connectivity index (χ2n) is 6.44. The molecule has 0 aliphatic carbocycles. The average molecular weight is 408 g/mol. The van der Waals surface area contributed by atoms with Gasteiger partial charge in [0.2, 0.25) is 0 Å². The van der Waals surface area contributed by atoms with Crippen molar-refractivity contribution in [1.29, 1.82) is 0 Å². The topological polar surface area (TPSA) is 75.5 Å². The fraction of sp³-hybridized carbons (Fsp3) is 0.316. The van der Waals surface area contributed by atoms with E-state index in [2.05, 4.69) is 10.2 Å². The first kappa shape index (κ1) is 19.6. The van der Waals surface area contributed by atoms with Crippen LogP contribution >= 0.6 is 23.2 Å². The number of halogens is 2. The maximum absolute atomic E-state index is 12.6. The number of rotatable bonds is 6. The van der Waals surface area contributed by atoms with E-state index in [1.54, 1.807) is 0 Å². The number of hydrogen-bond acceptors (Lipinski definition) is 4. The Balaban J connectivity index is 1.79. The van der Waals surface area contributed by atoms with Gasteiger partial charge >= 0.3 is 0 Å². The number of nitrogens with one attached hydrogen (secondary N) is 1. The molecule has 0 saturated carbocycles. The molecule has 1 fully saturated rings. The van der Waals surface area contributed by atoms with E-state index in [9.17, 15) is 14.9 Å². The zero-order chi connectivity index (χ0) is 19.4. The lowest BCUT2D eigenvalue weighted by molar-refractivity contribution is -0.385. The Morgan fingerprint density at radius 3 is 2.52 bits per heavy atom. The molecule has 1 aliphatic rings. The van der Waals surface area contributed by atoms with Crippen LogP contribution in [0.5, 0.6) is 0 Å². The number of likely N-dealkylation sites (tertiary alicyclic amines) is 1. The number of nitrogens with zero attached hydrogens (tertiary/aromatic N) is 2. The first-order chi connectivity index (χ1) is 13.0. The highest BCUT2D eigenvalue weighted by molar-refractivity contribution is 6.31. The number of amides is 1. The Kier molecular flexibility index (Phi) is 6.31. The maximum atomic E-state index is 12.6. The summed E-state index contributed by atoms with van der Waals surface area (Å²) in [4.78, 5) is 25.5. The fourth-order valence-electron chi connectivity index (χ4n) is 3.36. The Labute approximate surface area is 167 Å². The van der Waals surface area contributed by atoms with Gasteiger partial charge in [-0.3, -0.25) is 19.8 Å². The molecule has 1 atom stereocenters. The lowest BCUT2D eigenvalue weighted by Gasteiger charge is -2.28. The second kappa shape index (κ2) is 8.69. The van der Waals surface area contributed by atoms with Crippen molar-refractivity contribution in [3.63, 3.8) is 0 Å². The Morgan fingerprint density at radius 2 is 1.85 bits per heavy atom. The SMILES string of the molecule is O=C(NCC(c1cccc(Cl)c1)N1CCCC1)c1ccc(Cl)cc1[N+](=O)[O-]. The van der Waals surface area contributed by atoms with Gasteiger partial charge in [-0.05, 0) is 55.8 Å². The van der Waals surface area contributed by atoms with E-state index in [0.29, 0.717) is 11.6 Å². The predicted molar refractivity (Wildman–Crippen MR) is 105 cm³/mol. The minimum absolute atomic E-state index is 0.00401. The molecule has 0 aromatic heterocycles. The number of nitro groups is 1. The number of carbonyl (C=O) groups is 1. The van der Waals surface area contributed by atoms with Gasteiger partial charge in [-0.1, -0.05) is 35.3 Å². The molecule has 0 bridgehead atoms. The summed E-state index contributed by atoms with van der Waals surface area (Å²) < 4.78 is 0. The van der Waals surface area contributed by atoms with Gasteiger partial charge in [0.1, 0.15) is 5.56 Å². The molecular weight excluding hydrogens is 389 g/mol. The number of benzene rings is 2. The first-order valence-corrected chi connectivity index (χ1v) is 9.43. The molecule has 0 radical (unpaired) electrons. The third-order valence-corrected chi connectivity index (χ3v) is 5.14. The molecule has 8 heteroatoms. The molecule has 1 saturated heterocycles. The molecule has 1 aliphatic heterocycles. The van der Waals surface area contributed by atoms with E-state index in [1.165, 1.54) is 18.2 Å². The van der Waals surface area contributed by atoms with Crippen molar-refractivity contribution in [2.24, 2.45) is 0 Å². The van der Waals surface area contributed by atoms with E-state index in [1.807, 2.05) is 24.3 Å².